The fourth-order valence-corrected chi connectivity index (χ4v) is 2.20. The van der Waals surface area contributed by atoms with E-state index < -0.39 is 49.6 Å². The van der Waals surface area contributed by atoms with Gasteiger partial charge < -0.3 is 30.9 Å². The maximum Gasteiger partial charge on any atom is 0.334 e. The van der Waals surface area contributed by atoms with Crippen LogP contribution in [0.15, 0.2) is 0 Å². The monoisotopic (exact) mass is 277 g/mol. The van der Waals surface area contributed by atoms with Crippen molar-refractivity contribution >= 4 is 12.1 Å². The van der Waals surface area contributed by atoms with Crippen LogP contribution in [-0.4, -0.2) is 79.8 Å². The van der Waals surface area contributed by atoms with Crippen molar-refractivity contribution in [1.29, 1.82) is 0 Å². The number of rotatable bonds is 2. The molecule has 0 radical (unpaired) electrons. The van der Waals surface area contributed by atoms with Gasteiger partial charge in [-0.15, -0.1) is 0 Å². The van der Waals surface area contributed by atoms with E-state index in [1.807, 2.05) is 0 Å². The summed E-state index contributed by atoms with van der Waals surface area (Å²) in [4.78, 5) is 23.9. The number of aliphatic hydroxyl groups excluding tert-OH is 4. The van der Waals surface area contributed by atoms with Crippen molar-refractivity contribution in [3.8, 4) is 0 Å². The fourth-order valence-electron chi connectivity index (χ4n) is 2.20. The Morgan fingerprint density at radius 1 is 1.37 bits per heavy atom. The van der Waals surface area contributed by atoms with Gasteiger partial charge in [0.2, 0.25) is 0 Å². The number of nitrogens with two attached hydrogens (primary N) is 1. The van der Waals surface area contributed by atoms with E-state index in [1.165, 1.54) is 0 Å². The number of nitrogens with zero attached hydrogens (tertiary/aromatic N) is 2. The van der Waals surface area contributed by atoms with E-state index in [2.05, 4.69) is 0 Å². The van der Waals surface area contributed by atoms with Gasteiger partial charge in [-0.25, -0.2) is 14.5 Å². The van der Waals surface area contributed by atoms with Crippen molar-refractivity contribution in [2.24, 2.45) is 5.73 Å². The highest BCUT2D eigenvalue weighted by Crippen LogP contribution is 2.30. The van der Waals surface area contributed by atoms with Gasteiger partial charge in [0.15, 0.2) is 12.5 Å². The van der Waals surface area contributed by atoms with Crippen LogP contribution in [0.2, 0.25) is 0 Å². The predicted octanol–water partition coefficient (Wildman–Crippen LogP) is -3.09. The van der Waals surface area contributed by atoms with Crippen molar-refractivity contribution in [2.75, 3.05) is 6.61 Å². The van der Waals surface area contributed by atoms with Crippen LogP contribution in [0.3, 0.4) is 0 Å². The number of hydrogen-bond donors (Lipinski definition) is 5. The Bertz CT molecular complexity index is 392. The lowest BCUT2D eigenvalue weighted by atomic mass is 10.2. The molecule has 0 aromatic carbocycles. The van der Waals surface area contributed by atoms with Crippen molar-refractivity contribution in [1.82, 2.24) is 9.80 Å². The second-order valence-corrected chi connectivity index (χ2v) is 4.34. The summed E-state index contributed by atoms with van der Waals surface area (Å²) in [6.45, 7) is -0.460. The second-order valence-electron chi connectivity index (χ2n) is 4.34. The largest absolute Gasteiger partial charge is 0.394 e. The van der Waals surface area contributed by atoms with Gasteiger partial charge in [-0.1, -0.05) is 0 Å². The third-order valence-electron chi connectivity index (χ3n) is 3.17. The summed E-state index contributed by atoms with van der Waals surface area (Å²) in [5, 5.41) is 37.8. The zero-order valence-corrected chi connectivity index (χ0v) is 9.79. The number of imide groups is 1. The minimum Gasteiger partial charge on any atom is -0.394 e. The van der Waals surface area contributed by atoms with E-state index >= 15 is 0 Å². The number of amides is 4. The fraction of sp³-hybridized carbons (Fsp3) is 0.778. The molecule has 2 fully saturated rings. The average Bonchev–Trinajstić information content (AvgIpc) is 2.79. The summed E-state index contributed by atoms with van der Waals surface area (Å²) in [5.74, 6) is 0. The minimum absolute atomic E-state index is 0.0622. The Labute approximate surface area is 107 Å². The molecule has 2 rings (SSSR count). The van der Waals surface area contributed by atoms with E-state index in [4.69, 9.17) is 15.6 Å². The van der Waals surface area contributed by atoms with Crippen LogP contribution in [0.25, 0.3) is 0 Å². The number of hydrogen-bond acceptors (Lipinski definition) is 7. The molecule has 0 bridgehead atoms. The quantitative estimate of drug-likeness (QED) is 0.358. The SMILES string of the molecule is NC(=O)N1C(=O)N([C@H]2C[C@H](O)[C@@H](CO)O2)C(O)C1O. The number of primary amides is 1. The van der Waals surface area contributed by atoms with Crippen LogP contribution in [0.4, 0.5) is 9.59 Å². The van der Waals surface area contributed by atoms with Gasteiger partial charge in [0.25, 0.3) is 0 Å². The maximum atomic E-state index is 11.9. The number of carbonyl (C=O) groups excluding carboxylic acids is 2. The van der Waals surface area contributed by atoms with Crippen LogP contribution in [0.5, 0.6) is 0 Å². The summed E-state index contributed by atoms with van der Waals surface area (Å²) < 4.78 is 5.18. The normalized spacial score (nSPS) is 39.2. The van der Waals surface area contributed by atoms with Crippen LogP contribution in [0, 0.1) is 0 Å². The second kappa shape index (κ2) is 4.90. The molecule has 2 heterocycles. The third kappa shape index (κ3) is 2.13. The first-order valence-corrected chi connectivity index (χ1v) is 5.60. The van der Waals surface area contributed by atoms with Gasteiger partial charge in [-0.2, -0.15) is 0 Å². The summed E-state index contributed by atoms with van der Waals surface area (Å²) in [6.07, 6.45) is -6.56. The zero-order chi connectivity index (χ0) is 14.3. The molecule has 0 aromatic rings. The lowest BCUT2D eigenvalue weighted by Crippen LogP contribution is -2.45. The smallest absolute Gasteiger partial charge is 0.334 e. The Balaban J connectivity index is 2.17. The topological polar surface area (TPSA) is 157 Å². The third-order valence-corrected chi connectivity index (χ3v) is 3.17. The van der Waals surface area contributed by atoms with E-state index in [-0.39, 0.29) is 11.3 Å². The molecule has 0 aromatic heterocycles. The Kier molecular flexibility index (Phi) is 3.60. The molecule has 2 aliphatic rings. The molecular weight excluding hydrogens is 262 g/mol. The van der Waals surface area contributed by atoms with Crippen molar-refractivity contribution in [2.45, 2.75) is 37.3 Å². The van der Waals surface area contributed by atoms with Crippen LogP contribution >= 0.6 is 0 Å². The summed E-state index contributed by atoms with van der Waals surface area (Å²) in [5.41, 5.74) is 4.92. The van der Waals surface area contributed by atoms with Crippen molar-refractivity contribution < 1.29 is 34.8 Å². The van der Waals surface area contributed by atoms with Crippen LogP contribution in [0.1, 0.15) is 6.42 Å². The summed E-state index contributed by atoms with van der Waals surface area (Å²) >= 11 is 0. The lowest BCUT2D eigenvalue weighted by Gasteiger charge is -2.25. The van der Waals surface area contributed by atoms with E-state index in [1.54, 1.807) is 0 Å². The van der Waals surface area contributed by atoms with Crippen LogP contribution < -0.4 is 5.73 Å². The molecule has 5 atom stereocenters. The number of urea groups is 2. The highest BCUT2D eigenvalue weighted by Gasteiger charge is 2.52. The van der Waals surface area contributed by atoms with Gasteiger partial charge in [0.1, 0.15) is 12.3 Å². The molecule has 2 unspecified atom stereocenters. The van der Waals surface area contributed by atoms with E-state index in [0.29, 0.717) is 4.90 Å². The minimum atomic E-state index is -1.81. The van der Waals surface area contributed by atoms with Gasteiger partial charge in [0.05, 0.1) is 12.7 Å². The molecule has 0 aliphatic carbocycles. The molecule has 0 spiro atoms. The number of ether oxygens (including phenoxy) is 1. The first-order chi connectivity index (χ1) is 8.88. The van der Waals surface area contributed by atoms with Crippen molar-refractivity contribution in [3.63, 3.8) is 0 Å². The van der Waals surface area contributed by atoms with E-state index in [9.17, 15) is 24.9 Å². The molecule has 10 heteroatoms. The van der Waals surface area contributed by atoms with Crippen LogP contribution in [-0.2, 0) is 4.74 Å². The van der Waals surface area contributed by atoms with Gasteiger partial charge in [-0.05, 0) is 0 Å². The predicted molar refractivity (Wildman–Crippen MR) is 57.0 cm³/mol. The average molecular weight is 277 g/mol. The Morgan fingerprint density at radius 2 is 2.00 bits per heavy atom. The summed E-state index contributed by atoms with van der Waals surface area (Å²) in [7, 11) is 0. The molecule has 4 amide bonds. The first-order valence-electron chi connectivity index (χ1n) is 5.60. The maximum absolute atomic E-state index is 11.9. The molecule has 10 nitrogen and oxygen atoms in total. The molecule has 19 heavy (non-hydrogen) atoms. The number of carbonyl (C=O) groups is 2. The molecule has 2 saturated heterocycles. The Morgan fingerprint density at radius 3 is 2.42 bits per heavy atom. The first kappa shape index (κ1) is 14.0. The molecule has 0 saturated carbocycles. The number of aliphatic hydroxyl groups is 4. The lowest BCUT2D eigenvalue weighted by molar-refractivity contribution is -0.126. The molecule has 108 valence electrons. The summed E-state index contributed by atoms with van der Waals surface area (Å²) in [6, 6.07) is -2.24. The highest BCUT2D eigenvalue weighted by atomic mass is 16.6. The molecular formula is C9H15N3O7. The highest BCUT2D eigenvalue weighted by molar-refractivity contribution is 5.94. The zero-order valence-electron chi connectivity index (χ0n) is 9.79. The Hall–Kier alpha value is -1.46. The van der Waals surface area contributed by atoms with Gasteiger partial charge in [0, 0.05) is 6.42 Å². The van der Waals surface area contributed by atoms with E-state index in [0.717, 1.165) is 0 Å². The molecule has 6 N–H and O–H groups in total. The van der Waals surface area contributed by atoms with Crippen molar-refractivity contribution in [3.05, 3.63) is 0 Å². The van der Waals surface area contributed by atoms with Gasteiger partial charge >= 0.3 is 12.1 Å². The standard InChI is InChI=1S/C9H15N3O7/c10-8(17)12-7(16)6(15)11(9(12)18)5-1-3(14)4(2-13)19-5/h3-7,13-16H,1-2H2,(H2,10,17)/t3-,4+,5+,6?,7?/m0/s1. The molecule has 2 aliphatic heterocycles. The van der Waals surface area contributed by atoms with Gasteiger partial charge in [-0.3, -0.25) is 4.90 Å².